The minimum atomic E-state index is -2.52. The molecule has 5 heteroatoms. The lowest BCUT2D eigenvalue weighted by Gasteiger charge is -2.03. The highest BCUT2D eigenvalue weighted by Gasteiger charge is 2.57. The van der Waals surface area contributed by atoms with Crippen molar-refractivity contribution in [3.05, 3.63) is 22.8 Å². The van der Waals surface area contributed by atoms with Gasteiger partial charge in [-0.05, 0) is 6.07 Å². The molecule has 1 aliphatic carbocycles. The van der Waals surface area contributed by atoms with Gasteiger partial charge >= 0.3 is 0 Å². The molecule has 1 saturated carbocycles. The molecule has 0 aliphatic heterocycles. The van der Waals surface area contributed by atoms with Crippen molar-refractivity contribution in [2.45, 2.75) is 12.3 Å². The minimum Gasteiger partial charge on any atom is -0.477 e. The van der Waals surface area contributed by atoms with Gasteiger partial charge in [-0.25, -0.2) is 13.8 Å². The third-order valence-corrected chi connectivity index (χ3v) is 2.58. The van der Waals surface area contributed by atoms with E-state index in [1.165, 1.54) is 0 Å². The van der Waals surface area contributed by atoms with E-state index in [4.69, 9.17) is 4.74 Å². The van der Waals surface area contributed by atoms with Gasteiger partial charge < -0.3 is 4.74 Å². The second kappa shape index (κ2) is 3.46. The summed E-state index contributed by atoms with van der Waals surface area (Å²) in [5.41, 5.74) is 0. The van der Waals surface area contributed by atoms with Gasteiger partial charge in [0.25, 0.3) is 5.92 Å². The Hall–Kier alpha value is -0.710. The third-order valence-electron chi connectivity index (χ3n) is 2.09. The second-order valence-electron chi connectivity index (χ2n) is 3.29. The molecule has 0 bridgehead atoms. The van der Waals surface area contributed by atoms with Crippen LogP contribution in [0.25, 0.3) is 0 Å². The molecule has 0 saturated heterocycles. The Morgan fingerprint density at radius 2 is 2.36 bits per heavy atom. The van der Waals surface area contributed by atoms with Gasteiger partial charge in [0.05, 0.1) is 12.5 Å². The Balaban J connectivity index is 1.87. The monoisotopic (exact) mass is 263 g/mol. The maximum atomic E-state index is 12.5. The summed E-state index contributed by atoms with van der Waals surface area (Å²) in [6, 6.07) is 3.40. The molecule has 2 rings (SSSR count). The predicted octanol–water partition coefficient (Wildman–Crippen LogP) is 2.88. The van der Waals surface area contributed by atoms with Crippen molar-refractivity contribution in [3.63, 3.8) is 0 Å². The van der Waals surface area contributed by atoms with Gasteiger partial charge in [-0.3, -0.25) is 0 Å². The molecule has 1 unspecified atom stereocenters. The molecular weight excluding hydrogens is 256 g/mol. The van der Waals surface area contributed by atoms with Gasteiger partial charge in [-0.1, -0.05) is 15.9 Å². The number of alkyl halides is 2. The molecule has 14 heavy (non-hydrogen) atoms. The average molecular weight is 264 g/mol. The first-order valence-corrected chi connectivity index (χ1v) is 4.99. The summed E-state index contributed by atoms with van der Waals surface area (Å²) in [5, 5.41) is 0. The fraction of sp³-hybridized carbons (Fsp3) is 0.444. The molecule has 0 radical (unpaired) electrons. The number of hydrogen-bond acceptors (Lipinski definition) is 2. The highest BCUT2D eigenvalue weighted by Crippen LogP contribution is 2.48. The van der Waals surface area contributed by atoms with Crippen LogP contribution in [-0.2, 0) is 0 Å². The van der Waals surface area contributed by atoms with Gasteiger partial charge in [-0.2, -0.15) is 0 Å². The first-order valence-electron chi connectivity index (χ1n) is 4.20. The second-order valence-corrected chi connectivity index (χ2v) is 4.20. The fourth-order valence-electron chi connectivity index (χ4n) is 1.10. The van der Waals surface area contributed by atoms with Gasteiger partial charge in [-0.15, -0.1) is 0 Å². The van der Waals surface area contributed by atoms with Crippen molar-refractivity contribution in [2.75, 3.05) is 6.61 Å². The molecular formula is C9H8BrF2NO. The summed E-state index contributed by atoms with van der Waals surface area (Å²) in [4.78, 5) is 3.89. The number of halogens is 3. The molecule has 2 nitrogen and oxygen atoms in total. The molecule has 1 aromatic heterocycles. The molecule has 1 heterocycles. The zero-order valence-corrected chi connectivity index (χ0v) is 8.80. The molecule has 1 atom stereocenters. The van der Waals surface area contributed by atoms with Crippen LogP contribution in [0, 0.1) is 5.92 Å². The van der Waals surface area contributed by atoms with Crippen molar-refractivity contribution in [3.8, 4) is 5.88 Å². The van der Waals surface area contributed by atoms with E-state index in [9.17, 15) is 8.78 Å². The molecule has 0 spiro atoms. The summed E-state index contributed by atoms with van der Waals surface area (Å²) in [6.07, 6.45) is 1.49. The van der Waals surface area contributed by atoms with Crippen molar-refractivity contribution in [1.82, 2.24) is 4.98 Å². The quantitative estimate of drug-likeness (QED) is 0.837. The number of ether oxygens (including phenoxy) is 1. The highest BCUT2D eigenvalue weighted by atomic mass is 79.9. The highest BCUT2D eigenvalue weighted by molar-refractivity contribution is 9.10. The van der Waals surface area contributed by atoms with E-state index in [2.05, 4.69) is 20.9 Å². The van der Waals surface area contributed by atoms with Gasteiger partial charge in [0.2, 0.25) is 5.88 Å². The number of rotatable bonds is 3. The molecule has 1 fully saturated rings. The summed E-state index contributed by atoms with van der Waals surface area (Å²) in [5.74, 6) is -2.78. The van der Waals surface area contributed by atoms with E-state index >= 15 is 0 Å². The Labute approximate surface area is 88.4 Å². The van der Waals surface area contributed by atoms with E-state index in [0.29, 0.717) is 5.88 Å². The van der Waals surface area contributed by atoms with Crippen LogP contribution in [0.15, 0.2) is 22.8 Å². The Morgan fingerprint density at radius 3 is 2.93 bits per heavy atom. The van der Waals surface area contributed by atoms with Gasteiger partial charge in [0, 0.05) is 23.2 Å². The standard InChI is InChI=1S/C9H8BrF2NO/c10-7-1-2-13-8(3-7)14-5-6-4-9(6,11)12/h1-3,6H,4-5H2. The van der Waals surface area contributed by atoms with Crippen molar-refractivity contribution in [1.29, 1.82) is 0 Å². The van der Waals surface area contributed by atoms with Crippen molar-refractivity contribution < 1.29 is 13.5 Å². The Kier molecular flexibility index (Phi) is 2.43. The number of aromatic nitrogens is 1. The topological polar surface area (TPSA) is 22.1 Å². The van der Waals surface area contributed by atoms with E-state index in [0.717, 1.165) is 4.47 Å². The number of hydrogen-bond donors (Lipinski definition) is 0. The molecule has 76 valence electrons. The number of pyridine rings is 1. The van der Waals surface area contributed by atoms with Crippen LogP contribution >= 0.6 is 15.9 Å². The van der Waals surface area contributed by atoms with Gasteiger partial charge in [0.1, 0.15) is 0 Å². The van der Waals surface area contributed by atoms with Crippen LogP contribution in [0.5, 0.6) is 5.88 Å². The first kappa shape index (κ1) is 9.83. The van der Waals surface area contributed by atoms with Crippen LogP contribution in [0.2, 0.25) is 0 Å². The number of nitrogens with zero attached hydrogens (tertiary/aromatic N) is 1. The van der Waals surface area contributed by atoms with Crippen LogP contribution < -0.4 is 4.74 Å². The predicted molar refractivity (Wildman–Crippen MR) is 50.5 cm³/mol. The lowest BCUT2D eigenvalue weighted by molar-refractivity contribution is 0.0849. The van der Waals surface area contributed by atoms with Crippen LogP contribution in [0.3, 0.4) is 0 Å². The van der Waals surface area contributed by atoms with Crippen molar-refractivity contribution >= 4 is 15.9 Å². The van der Waals surface area contributed by atoms with Gasteiger partial charge in [0.15, 0.2) is 0 Å². The smallest absolute Gasteiger partial charge is 0.255 e. The first-order chi connectivity index (χ1) is 6.58. The molecule has 0 aromatic carbocycles. The SMILES string of the molecule is FC1(F)CC1COc1cc(Br)ccn1. The zero-order chi connectivity index (χ0) is 10.2. The minimum absolute atomic E-state index is 0.0381. The van der Waals surface area contributed by atoms with E-state index < -0.39 is 11.8 Å². The lowest BCUT2D eigenvalue weighted by atomic mass is 10.4. The lowest BCUT2D eigenvalue weighted by Crippen LogP contribution is -2.06. The summed E-state index contributed by atoms with van der Waals surface area (Å²) >= 11 is 3.24. The zero-order valence-electron chi connectivity index (χ0n) is 7.21. The van der Waals surface area contributed by atoms with E-state index in [1.807, 2.05) is 0 Å². The molecule has 0 N–H and O–H groups in total. The van der Waals surface area contributed by atoms with E-state index in [1.54, 1.807) is 18.3 Å². The average Bonchev–Trinajstić information content (AvgIpc) is 2.71. The normalized spacial score (nSPS) is 23.2. The Bertz CT molecular complexity index is 345. The summed E-state index contributed by atoms with van der Waals surface area (Å²) < 4.78 is 30.9. The van der Waals surface area contributed by atoms with Crippen molar-refractivity contribution in [2.24, 2.45) is 5.92 Å². The third kappa shape index (κ3) is 2.20. The largest absolute Gasteiger partial charge is 0.477 e. The molecule has 1 aliphatic rings. The molecule has 1 aromatic rings. The fourth-order valence-corrected chi connectivity index (χ4v) is 1.41. The summed E-state index contributed by atoms with van der Waals surface area (Å²) in [6.45, 7) is 0.0381. The maximum Gasteiger partial charge on any atom is 0.255 e. The van der Waals surface area contributed by atoms with Crippen LogP contribution in [0.1, 0.15) is 6.42 Å². The molecule has 0 amide bonds. The van der Waals surface area contributed by atoms with Crippen LogP contribution in [0.4, 0.5) is 8.78 Å². The van der Waals surface area contributed by atoms with E-state index in [-0.39, 0.29) is 13.0 Å². The summed E-state index contributed by atoms with van der Waals surface area (Å²) in [7, 11) is 0. The maximum absolute atomic E-state index is 12.5. The van der Waals surface area contributed by atoms with Crippen LogP contribution in [-0.4, -0.2) is 17.5 Å². The Morgan fingerprint density at radius 1 is 1.64 bits per heavy atom.